The minimum atomic E-state index is -0.409. The molecule has 1 aliphatic rings. The normalized spacial score (nSPS) is 15.7. The van der Waals surface area contributed by atoms with Gasteiger partial charge in [0.2, 0.25) is 5.91 Å². The lowest BCUT2D eigenvalue weighted by atomic mass is 9.79. The zero-order valence-electron chi connectivity index (χ0n) is 13.4. The summed E-state index contributed by atoms with van der Waals surface area (Å²) >= 11 is 0. The lowest BCUT2D eigenvalue weighted by Gasteiger charge is -2.26. The van der Waals surface area contributed by atoms with E-state index in [2.05, 4.69) is 5.32 Å². The van der Waals surface area contributed by atoms with E-state index in [0.29, 0.717) is 24.3 Å². The summed E-state index contributed by atoms with van der Waals surface area (Å²) in [5.74, 6) is -0.226. The fourth-order valence-electron chi connectivity index (χ4n) is 2.48. The van der Waals surface area contributed by atoms with Crippen LogP contribution in [0.5, 0.6) is 5.75 Å². The van der Waals surface area contributed by atoms with Crippen LogP contribution in [-0.4, -0.2) is 37.7 Å². The second kappa shape index (κ2) is 7.81. The van der Waals surface area contributed by atoms with Crippen molar-refractivity contribution in [1.29, 1.82) is 0 Å². The molecule has 23 heavy (non-hydrogen) atoms. The summed E-state index contributed by atoms with van der Waals surface area (Å²) in [5, 5.41) is 2.86. The molecule has 2 rings (SSSR count). The molecule has 1 amide bonds. The monoisotopic (exact) mass is 317 g/mol. The summed E-state index contributed by atoms with van der Waals surface area (Å²) in [5.41, 5.74) is 1.27. The first-order chi connectivity index (χ1) is 11.0. The van der Waals surface area contributed by atoms with Gasteiger partial charge in [0, 0.05) is 18.8 Å². The maximum atomic E-state index is 11.9. The highest BCUT2D eigenvalue weighted by atomic mass is 16.5. The molecule has 1 heterocycles. The van der Waals surface area contributed by atoms with E-state index in [1.807, 2.05) is 6.07 Å². The van der Waals surface area contributed by atoms with Gasteiger partial charge in [-0.15, -0.1) is 0 Å². The number of esters is 1. The van der Waals surface area contributed by atoms with Crippen molar-refractivity contribution in [3.05, 3.63) is 29.3 Å². The Hall–Kier alpha value is -2.31. The minimum Gasteiger partial charge on any atom is -0.561 e. The first kappa shape index (κ1) is 17.1. The molecule has 0 radical (unpaired) electrons. The summed E-state index contributed by atoms with van der Waals surface area (Å²) in [6, 6.07) is 5.31. The molecule has 1 aromatic carbocycles. The third-order valence-electron chi connectivity index (χ3n) is 3.56. The van der Waals surface area contributed by atoms with Crippen LogP contribution in [0.1, 0.15) is 42.6 Å². The van der Waals surface area contributed by atoms with Gasteiger partial charge in [0.1, 0.15) is 17.1 Å². The smallest absolute Gasteiger partial charge is 0.363 e. The summed E-state index contributed by atoms with van der Waals surface area (Å²) in [6.07, 6.45) is 0.999. The predicted octanol–water partition coefficient (Wildman–Crippen LogP) is 0.961. The van der Waals surface area contributed by atoms with E-state index < -0.39 is 5.97 Å². The number of rotatable bonds is 6. The van der Waals surface area contributed by atoms with Crippen LogP contribution in [0, 0.1) is 0 Å². The number of amides is 1. The van der Waals surface area contributed by atoms with Crippen LogP contribution < -0.4 is 9.97 Å². The molecule has 1 aliphatic heterocycles. The van der Waals surface area contributed by atoms with Crippen LogP contribution in [0.4, 0.5) is 0 Å². The quantitative estimate of drug-likeness (QED) is 0.624. The number of hydrogen-bond donors (Lipinski definition) is 1. The average molecular weight is 317 g/mol. The predicted molar refractivity (Wildman–Crippen MR) is 85.7 cm³/mol. The van der Waals surface area contributed by atoms with Gasteiger partial charge in [0.05, 0.1) is 6.61 Å². The van der Waals surface area contributed by atoms with Crippen molar-refractivity contribution in [3.63, 3.8) is 0 Å². The highest BCUT2D eigenvalue weighted by molar-refractivity contribution is 6.32. The maximum absolute atomic E-state index is 11.9. The van der Waals surface area contributed by atoms with Crippen LogP contribution in [0.3, 0.4) is 0 Å². The van der Waals surface area contributed by atoms with Gasteiger partial charge in [-0.25, -0.2) is 4.79 Å². The van der Waals surface area contributed by atoms with Gasteiger partial charge in [-0.2, -0.15) is 0 Å². The Kier molecular flexibility index (Phi) is 5.79. The number of benzene rings is 1. The van der Waals surface area contributed by atoms with Crippen LogP contribution >= 0.6 is 0 Å². The average Bonchev–Trinajstić information content (AvgIpc) is 2.52. The number of carbonyl (C=O) groups excluding carboxylic acids is 3. The first-order valence-corrected chi connectivity index (χ1v) is 7.71. The van der Waals surface area contributed by atoms with Gasteiger partial charge in [-0.1, -0.05) is 12.1 Å². The van der Waals surface area contributed by atoms with Crippen molar-refractivity contribution >= 4 is 25.1 Å². The number of nitrogens with one attached hydrogen (secondary N) is 1. The molecule has 0 bridgehead atoms. The summed E-state index contributed by atoms with van der Waals surface area (Å²) < 4.78 is 10.7. The fraction of sp³-hybridized carbons (Fsp3) is 0.438. The van der Waals surface area contributed by atoms with E-state index in [4.69, 9.17) is 9.39 Å². The molecule has 0 fully saturated rings. The van der Waals surface area contributed by atoms with Crippen molar-refractivity contribution < 1.29 is 23.8 Å². The van der Waals surface area contributed by atoms with E-state index in [9.17, 15) is 14.4 Å². The van der Waals surface area contributed by atoms with Gasteiger partial charge in [0.15, 0.2) is 0 Å². The van der Waals surface area contributed by atoms with Gasteiger partial charge in [-0.3, -0.25) is 4.79 Å². The highest BCUT2D eigenvalue weighted by Gasteiger charge is 2.27. The number of para-hydroxylation sites is 1. The van der Waals surface area contributed by atoms with E-state index in [-0.39, 0.29) is 38.0 Å². The number of ether oxygens (including phenoxy) is 1. The summed E-state index contributed by atoms with van der Waals surface area (Å²) in [6.45, 7) is 3.52. The Morgan fingerprint density at radius 3 is 2.83 bits per heavy atom. The number of carbonyl (C=O) groups is 3. The number of fused-ring (bicyclic) bond motifs is 1. The topological polar surface area (TPSA) is 81.7 Å². The SMILES string of the molecule is CCOC(=O)c1cccc2c1OBC(NC(=O)CCC(C)=O)C2. The molecule has 1 atom stereocenters. The molecule has 1 unspecified atom stereocenters. The fourth-order valence-corrected chi connectivity index (χ4v) is 2.48. The molecule has 0 saturated heterocycles. The first-order valence-electron chi connectivity index (χ1n) is 7.71. The second-order valence-corrected chi connectivity index (χ2v) is 5.50. The minimum absolute atomic E-state index is 0.00975. The van der Waals surface area contributed by atoms with Crippen molar-refractivity contribution in [2.75, 3.05) is 6.61 Å². The lowest BCUT2D eigenvalue weighted by Crippen LogP contribution is -2.45. The molecule has 6 nitrogen and oxygen atoms in total. The Morgan fingerprint density at radius 2 is 2.13 bits per heavy atom. The Morgan fingerprint density at radius 1 is 1.35 bits per heavy atom. The highest BCUT2D eigenvalue weighted by Crippen LogP contribution is 2.29. The Balaban J connectivity index is 2.01. The van der Waals surface area contributed by atoms with E-state index in [1.165, 1.54) is 6.92 Å². The van der Waals surface area contributed by atoms with Gasteiger partial charge in [-0.05, 0) is 31.9 Å². The van der Waals surface area contributed by atoms with Crippen molar-refractivity contribution in [3.8, 4) is 5.75 Å². The van der Waals surface area contributed by atoms with Gasteiger partial charge < -0.3 is 19.5 Å². The molecule has 0 aromatic heterocycles. The number of ketones is 1. The van der Waals surface area contributed by atoms with Crippen molar-refractivity contribution in [1.82, 2.24) is 5.32 Å². The molecule has 1 aromatic rings. The molecule has 7 heteroatoms. The molecule has 0 saturated carbocycles. The zero-order chi connectivity index (χ0) is 16.8. The standard InChI is InChI=1S/C16H20BNO5/c1-3-22-16(21)12-6-4-5-11-9-13(17-23-15(11)12)18-14(20)8-7-10(2)19/h4-6,13,17H,3,7-9H2,1-2H3,(H,18,20). The van der Waals surface area contributed by atoms with Crippen LogP contribution in [-0.2, 0) is 20.7 Å². The van der Waals surface area contributed by atoms with Crippen molar-refractivity contribution in [2.24, 2.45) is 0 Å². The molecule has 122 valence electrons. The Bertz CT molecular complexity index is 616. The van der Waals surface area contributed by atoms with Gasteiger partial charge in [0.25, 0.3) is 0 Å². The number of hydrogen-bond acceptors (Lipinski definition) is 5. The summed E-state index contributed by atoms with van der Waals surface area (Å²) in [7, 11) is 0.287. The molecular formula is C16H20BNO5. The maximum Gasteiger partial charge on any atom is 0.363 e. The third kappa shape index (κ3) is 4.58. The van der Waals surface area contributed by atoms with Gasteiger partial charge >= 0.3 is 13.5 Å². The lowest BCUT2D eigenvalue weighted by molar-refractivity contribution is -0.124. The van der Waals surface area contributed by atoms with Crippen LogP contribution in [0.2, 0.25) is 0 Å². The van der Waals surface area contributed by atoms with Crippen LogP contribution in [0.15, 0.2) is 18.2 Å². The zero-order valence-corrected chi connectivity index (χ0v) is 13.4. The molecule has 1 N–H and O–H groups in total. The van der Waals surface area contributed by atoms with E-state index in [0.717, 1.165) is 5.56 Å². The summed E-state index contributed by atoms with van der Waals surface area (Å²) in [4.78, 5) is 34.6. The number of Topliss-reactive ketones (excluding diaryl/α,β-unsaturated/α-hetero) is 1. The molecular weight excluding hydrogens is 297 g/mol. The van der Waals surface area contributed by atoms with E-state index in [1.54, 1.807) is 19.1 Å². The second-order valence-electron chi connectivity index (χ2n) is 5.50. The third-order valence-corrected chi connectivity index (χ3v) is 3.56. The van der Waals surface area contributed by atoms with E-state index >= 15 is 0 Å². The van der Waals surface area contributed by atoms with Crippen LogP contribution in [0.25, 0.3) is 0 Å². The Labute approximate surface area is 135 Å². The largest absolute Gasteiger partial charge is 0.561 e. The molecule has 0 spiro atoms. The van der Waals surface area contributed by atoms with Crippen molar-refractivity contribution in [2.45, 2.75) is 39.1 Å². The molecule has 0 aliphatic carbocycles.